The highest BCUT2D eigenvalue weighted by Crippen LogP contribution is 2.12. The van der Waals surface area contributed by atoms with Crippen molar-refractivity contribution in [2.24, 2.45) is 0 Å². The van der Waals surface area contributed by atoms with Crippen molar-refractivity contribution < 1.29 is 4.42 Å². The number of rotatable bonds is 5. The van der Waals surface area contributed by atoms with Crippen molar-refractivity contribution in [2.45, 2.75) is 44.7 Å². The molecule has 0 bridgehead atoms. The Morgan fingerprint density at radius 3 is 3.06 bits per heavy atom. The molecule has 1 aliphatic rings. The van der Waals surface area contributed by atoms with Crippen LogP contribution in [0.1, 0.15) is 31.9 Å². The Morgan fingerprint density at radius 1 is 1.53 bits per heavy atom. The van der Waals surface area contributed by atoms with Gasteiger partial charge >= 0.3 is 0 Å². The van der Waals surface area contributed by atoms with Gasteiger partial charge in [0, 0.05) is 25.0 Å². The van der Waals surface area contributed by atoms with Crippen molar-refractivity contribution in [3.8, 4) is 0 Å². The third kappa shape index (κ3) is 3.86. The normalized spacial score (nSPS) is 22.9. The predicted octanol–water partition coefficient (Wildman–Crippen LogP) is 2.28. The molecule has 1 N–H and O–H groups in total. The number of likely N-dealkylation sites (N-methyl/N-ethyl adjacent to an activating group) is 1. The summed E-state index contributed by atoms with van der Waals surface area (Å²) in [5.74, 6) is 1.08. The molecule has 0 amide bonds. The minimum absolute atomic E-state index is 0.532. The van der Waals surface area contributed by atoms with E-state index in [9.17, 15) is 0 Å². The first-order valence-electron chi connectivity index (χ1n) is 6.71. The lowest BCUT2D eigenvalue weighted by Crippen LogP contribution is -2.45. The Hall–Kier alpha value is -0.800. The molecule has 0 aromatic carbocycles. The van der Waals surface area contributed by atoms with Crippen LogP contribution < -0.4 is 5.32 Å². The fourth-order valence-electron chi connectivity index (χ4n) is 2.48. The van der Waals surface area contributed by atoms with Gasteiger partial charge in [-0.1, -0.05) is 6.42 Å². The van der Waals surface area contributed by atoms with Gasteiger partial charge in [0.2, 0.25) is 0 Å². The molecule has 0 radical (unpaired) electrons. The Kier molecular flexibility index (Phi) is 4.63. The summed E-state index contributed by atoms with van der Waals surface area (Å²) in [6, 6.07) is 5.23. The molecule has 2 heterocycles. The van der Waals surface area contributed by atoms with Gasteiger partial charge in [0.15, 0.2) is 0 Å². The molecule has 2 rings (SSSR count). The molecule has 96 valence electrons. The lowest BCUT2D eigenvalue weighted by atomic mass is 10.0. The van der Waals surface area contributed by atoms with E-state index in [1.54, 1.807) is 6.26 Å². The SMILES string of the molecule is CC(Cc1ccco1)N(C)CC1CCCCN1. The molecule has 1 aliphatic heterocycles. The summed E-state index contributed by atoms with van der Waals surface area (Å²) >= 11 is 0. The highest BCUT2D eigenvalue weighted by atomic mass is 16.3. The van der Waals surface area contributed by atoms with Gasteiger partial charge in [0.25, 0.3) is 0 Å². The molecule has 1 aromatic heterocycles. The van der Waals surface area contributed by atoms with E-state index < -0.39 is 0 Å². The van der Waals surface area contributed by atoms with Crippen LogP contribution in [0.5, 0.6) is 0 Å². The molecule has 1 fully saturated rings. The van der Waals surface area contributed by atoms with E-state index in [2.05, 4.69) is 30.3 Å². The summed E-state index contributed by atoms with van der Waals surface area (Å²) in [5, 5.41) is 3.60. The van der Waals surface area contributed by atoms with E-state index in [0.29, 0.717) is 12.1 Å². The third-order valence-electron chi connectivity index (χ3n) is 3.75. The van der Waals surface area contributed by atoms with Gasteiger partial charge in [-0.2, -0.15) is 0 Å². The molecule has 0 aliphatic carbocycles. The smallest absolute Gasteiger partial charge is 0.105 e. The van der Waals surface area contributed by atoms with Gasteiger partial charge in [-0.3, -0.25) is 0 Å². The molecule has 1 aromatic rings. The number of nitrogens with zero attached hydrogens (tertiary/aromatic N) is 1. The molecular formula is C14H24N2O. The maximum absolute atomic E-state index is 5.40. The van der Waals surface area contributed by atoms with Gasteiger partial charge in [0.1, 0.15) is 5.76 Å². The third-order valence-corrected chi connectivity index (χ3v) is 3.75. The van der Waals surface area contributed by atoms with E-state index in [1.165, 1.54) is 25.8 Å². The van der Waals surface area contributed by atoms with Crippen molar-refractivity contribution >= 4 is 0 Å². The molecule has 1 saturated heterocycles. The Labute approximate surface area is 104 Å². The standard InChI is InChI=1S/C14H24N2O/c1-12(10-14-7-5-9-17-14)16(2)11-13-6-3-4-8-15-13/h5,7,9,12-13,15H,3-4,6,8,10-11H2,1-2H3. The van der Waals surface area contributed by atoms with Gasteiger partial charge in [-0.25, -0.2) is 0 Å². The minimum Gasteiger partial charge on any atom is -0.469 e. The van der Waals surface area contributed by atoms with Crippen molar-refractivity contribution in [2.75, 3.05) is 20.1 Å². The number of furan rings is 1. The molecular weight excluding hydrogens is 212 g/mol. The zero-order valence-electron chi connectivity index (χ0n) is 11.0. The van der Waals surface area contributed by atoms with E-state index >= 15 is 0 Å². The number of hydrogen-bond donors (Lipinski definition) is 1. The second-order valence-electron chi connectivity index (χ2n) is 5.22. The second kappa shape index (κ2) is 6.22. The maximum Gasteiger partial charge on any atom is 0.105 e. The fourth-order valence-corrected chi connectivity index (χ4v) is 2.48. The van der Waals surface area contributed by atoms with Crippen LogP contribution in [0.2, 0.25) is 0 Å². The van der Waals surface area contributed by atoms with Crippen molar-refractivity contribution in [1.82, 2.24) is 10.2 Å². The summed E-state index contributed by atoms with van der Waals surface area (Å²) in [7, 11) is 2.21. The van der Waals surface area contributed by atoms with E-state index in [0.717, 1.165) is 18.7 Å². The van der Waals surface area contributed by atoms with Crippen LogP contribution in [-0.4, -0.2) is 37.1 Å². The molecule has 3 heteroatoms. The molecule has 2 atom stereocenters. The largest absolute Gasteiger partial charge is 0.469 e. The van der Waals surface area contributed by atoms with Gasteiger partial charge in [-0.05, 0) is 45.5 Å². The highest BCUT2D eigenvalue weighted by Gasteiger charge is 2.18. The van der Waals surface area contributed by atoms with Gasteiger partial charge in [-0.15, -0.1) is 0 Å². The molecule has 17 heavy (non-hydrogen) atoms. The molecule has 0 spiro atoms. The van der Waals surface area contributed by atoms with Crippen LogP contribution in [0, 0.1) is 0 Å². The van der Waals surface area contributed by atoms with Crippen molar-refractivity contribution in [1.29, 1.82) is 0 Å². The first-order valence-corrected chi connectivity index (χ1v) is 6.71. The van der Waals surface area contributed by atoms with Crippen LogP contribution >= 0.6 is 0 Å². The zero-order chi connectivity index (χ0) is 12.1. The summed E-state index contributed by atoms with van der Waals surface area (Å²) in [6.07, 6.45) is 6.78. The van der Waals surface area contributed by atoms with Crippen LogP contribution in [0.25, 0.3) is 0 Å². The van der Waals surface area contributed by atoms with E-state index in [4.69, 9.17) is 4.42 Å². The second-order valence-corrected chi connectivity index (χ2v) is 5.22. The number of nitrogens with one attached hydrogen (secondary N) is 1. The monoisotopic (exact) mass is 236 g/mol. The lowest BCUT2D eigenvalue weighted by Gasteiger charge is -2.31. The van der Waals surface area contributed by atoms with Gasteiger partial charge in [0.05, 0.1) is 6.26 Å². The first kappa shape index (κ1) is 12.7. The van der Waals surface area contributed by atoms with Crippen molar-refractivity contribution in [3.63, 3.8) is 0 Å². The Morgan fingerprint density at radius 2 is 2.41 bits per heavy atom. The number of piperidine rings is 1. The maximum atomic E-state index is 5.40. The summed E-state index contributed by atoms with van der Waals surface area (Å²) in [5.41, 5.74) is 0. The topological polar surface area (TPSA) is 28.4 Å². The summed E-state index contributed by atoms with van der Waals surface area (Å²) in [6.45, 7) is 4.60. The van der Waals surface area contributed by atoms with Crippen LogP contribution in [0.3, 0.4) is 0 Å². The van der Waals surface area contributed by atoms with E-state index in [-0.39, 0.29) is 0 Å². The van der Waals surface area contributed by atoms with Crippen LogP contribution in [0.15, 0.2) is 22.8 Å². The first-order chi connectivity index (χ1) is 8.25. The molecule has 3 nitrogen and oxygen atoms in total. The van der Waals surface area contributed by atoms with E-state index in [1.807, 2.05) is 6.07 Å². The summed E-state index contributed by atoms with van der Waals surface area (Å²) in [4.78, 5) is 2.44. The lowest BCUT2D eigenvalue weighted by molar-refractivity contribution is 0.206. The summed E-state index contributed by atoms with van der Waals surface area (Å²) < 4.78 is 5.40. The Balaban J connectivity index is 1.76. The zero-order valence-corrected chi connectivity index (χ0v) is 11.0. The van der Waals surface area contributed by atoms with Gasteiger partial charge < -0.3 is 14.6 Å². The predicted molar refractivity (Wildman–Crippen MR) is 70.1 cm³/mol. The minimum atomic E-state index is 0.532. The number of hydrogen-bond acceptors (Lipinski definition) is 3. The van der Waals surface area contributed by atoms with Crippen molar-refractivity contribution in [3.05, 3.63) is 24.2 Å². The molecule has 0 saturated carbocycles. The highest BCUT2D eigenvalue weighted by molar-refractivity contribution is 5.00. The average molecular weight is 236 g/mol. The molecule has 2 unspecified atom stereocenters. The quantitative estimate of drug-likeness (QED) is 0.850. The van der Waals surface area contributed by atoms with Crippen LogP contribution in [-0.2, 0) is 6.42 Å². The fraction of sp³-hybridized carbons (Fsp3) is 0.714. The van der Waals surface area contributed by atoms with Crippen LogP contribution in [0.4, 0.5) is 0 Å². The Bertz CT molecular complexity index is 304. The average Bonchev–Trinajstić information content (AvgIpc) is 2.83.